The lowest BCUT2D eigenvalue weighted by Gasteiger charge is -2.23. The molecule has 7 nitrogen and oxygen atoms in total. The van der Waals surface area contributed by atoms with Crippen LogP contribution in [0.5, 0.6) is 0 Å². The second-order valence-corrected chi connectivity index (χ2v) is 8.43. The van der Waals surface area contributed by atoms with Crippen LogP contribution in [0.1, 0.15) is 24.0 Å². The Balaban J connectivity index is 1.33. The van der Waals surface area contributed by atoms with E-state index in [9.17, 15) is 9.59 Å². The lowest BCUT2D eigenvalue weighted by Crippen LogP contribution is -2.32. The van der Waals surface area contributed by atoms with Crippen LogP contribution in [0.2, 0.25) is 0 Å². The van der Waals surface area contributed by atoms with Crippen LogP contribution in [0.25, 0.3) is 6.08 Å². The van der Waals surface area contributed by atoms with Gasteiger partial charge in [0.05, 0.1) is 5.88 Å². The summed E-state index contributed by atoms with van der Waals surface area (Å²) in [5, 5.41) is 5.71. The van der Waals surface area contributed by atoms with Gasteiger partial charge in [-0.1, -0.05) is 0 Å². The number of likely N-dealkylation sites (tertiary alicyclic amines) is 1. The average molecular weight is 430 g/mol. The molecule has 2 aliphatic rings. The summed E-state index contributed by atoms with van der Waals surface area (Å²) >= 11 is 6.03. The molecule has 1 atom stereocenters. The van der Waals surface area contributed by atoms with Crippen molar-refractivity contribution >= 4 is 52.8 Å². The Bertz CT molecular complexity index is 916. The molecule has 29 heavy (non-hydrogen) atoms. The fourth-order valence-corrected chi connectivity index (χ4v) is 4.70. The number of nitrogens with one attached hydrogen (secondary N) is 1. The number of carbonyl (C=O) groups excluding carboxylic acids is 2. The minimum atomic E-state index is -0.00148. The number of thiazole rings is 1. The van der Waals surface area contributed by atoms with Crippen LogP contribution in [0, 0.1) is 5.92 Å². The number of pyridine rings is 1. The van der Waals surface area contributed by atoms with E-state index in [4.69, 9.17) is 0 Å². The number of nitrogens with zero attached hydrogens (tertiary/aromatic N) is 4. The Morgan fingerprint density at radius 2 is 2.31 bits per heavy atom. The summed E-state index contributed by atoms with van der Waals surface area (Å²) < 4.78 is 0. The highest BCUT2D eigenvalue weighted by molar-refractivity contribution is 7.80. The summed E-state index contributed by atoms with van der Waals surface area (Å²) in [4.78, 5) is 36.7. The molecule has 0 radical (unpaired) electrons. The maximum Gasteiger partial charge on any atom is 0.246 e. The van der Waals surface area contributed by atoms with E-state index in [-0.39, 0.29) is 11.8 Å². The third-order valence-electron chi connectivity index (χ3n) is 5.22. The fraction of sp³-hybridized carbons (Fsp3) is 0.400. The van der Waals surface area contributed by atoms with Crippen LogP contribution in [-0.2, 0) is 16.0 Å². The zero-order valence-electron chi connectivity index (χ0n) is 16.0. The molecule has 2 aromatic heterocycles. The highest BCUT2D eigenvalue weighted by atomic mass is 32.1. The van der Waals surface area contributed by atoms with Crippen molar-refractivity contribution in [1.29, 1.82) is 0 Å². The van der Waals surface area contributed by atoms with Gasteiger partial charge in [-0.25, -0.2) is 9.97 Å². The molecule has 4 rings (SSSR count). The van der Waals surface area contributed by atoms with Gasteiger partial charge in [0, 0.05) is 49.9 Å². The van der Waals surface area contributed by atoms with Crippen molar-refractivity contribution in [3.05, 3.63) is 41.0 Å². The number of thiol groups is 1. The first-order valence-electron chi connectivity index (χ1n) is 9.63. The topological polar surface area (TPSA) is 78.4 Å². The predicted molar refractivity (Wildman–Crippen MR) is 118 cm³/mol. The first kappa shape index (κ1) is 19.9. The van der Waals surface area contributed by atoms with Gasteiger partial charge in [-0.2, -0.15) is 12.6 Å². The SMILES string of the molecule is O=C1CCc2cc(C=CC(=O)N3CCC(CN(CS)c4nccs4)C3)cnc2N1. The number of rotatable bonds is 6. The van der Waals surface area contributed by atoms with Crippen molar-refractivity contribution < 1.29 is 9.59 Å². The molecule has 9 heteroatoms. The summed E-state index contributed by atoms with van der Waals surface area (Å²) in [6.45, 7) is 2.36. The van der Waals surface area contributed by atoms with Crippen molar-refractivity contribution in [2.45, 2.75) is 19.3 Å². The van der Waals surface area contributed by atoms with E-state index < -0.39 is 0 Å². The summed E-state index contributed by atoms with van der Waals surface area (Å²) in [5.74, 6) is 1.67. The predicted octanol–water partition coefficient (Wildman–Crippen LogP) is 2.68. The third-order valence-corrected chi connectivity index (χ3v) is 6.40. The van der Waals surface area contributed by atoms with E-state index in [1.807, 2.05) is 16.3 Å². The van der Waals surface area contributed by atoms with Gasteiger partial charge in [-0.15, -0.1) is 11.3 Å². The van der Waals surface area contributed by atoms with Crippen molar-refractivity contribution in [1.82, 2.24) is 14.9 Å². The van der Waals surface area contributed by atoms with Crippen LogP contribution in [0.3, 0.4) is 0 Å². The zero-order chi connectivity index (χ0) is 20.2. The van der Waals surface area contributed by atoms with Gasteiger partial charge in [0.2, 0.25) is 11.8 Å². The summed E-state index contributed by atoms with van der Waals surface area (Å²) in [6.07, 6.45) is 9.03. The molecular formula is C20H23N5O2S2. The van der Waals surface area contributed by atoms with Crippen LogP contribution in [0.15, 0.2) is 29.9 Å². The molecule has 0 aromatic carbocycles. The second kappa shape index (κ2) is 8.96. The Morgan fingerprint density at radius 1 is 1.41 bits per heavy atom. The molecule has 0 aliphatic carbocycles. The molecule has 1 saturated heterocycles. The van der Waals surface area contributed by atoms with Crippen LogP contribution >= 0.6 is 24.0 Å². The molecule has 2 aromatic rings. The van der Waals surface area contributed by atoms with E-state index >= 15 is 0 Å². The van der Waals surface area contributed by atoms with Crippen molar-refractivity contribution in [3.63, 3.8) is 0 Å². The van der Waals surface area contributed by atoms with Gasteiger partial charge < -0.3 is 15.1 Å². The van der Waals surface area contributed by atoms with Crippen LogP contribution < -0.4 is 10.2 Å². The first-order chi connectivity index (χ1) is 14.1. The smallest absolute Gasteiger partial charge is 0.246 e. The molecule has 1 N–H and O–H groups in total. The number of hydrogen-bond acceptors (Lipinski definition) is 7. The van der Waals surface area contributed by atoms with Crippen LogP contribution in [0.4, 0.5) is 10.9 Å². The first-order valence-corrected chi connectivity index (χ1v) is 11.1. The molecule has 0 spiro atoms. The number of aryl methyl sites for hydroxylation is 1. The minimum Gasteiger partial charge on any atom is -0.339 e. The number of anilines is 2. The third kappa shape index (κ3) is 4.79. The van der Waals surface area contributed by atoms with Crippen molar-refractivity contribution in [2.24, 2.45) is 5.92 Å². The van der Waals surface area contributed by atoms with Gasteiger partial charge in [0.15, 0.2) is 5.13 Å². The molecule has 0 saturated carbocycles. The minimum absolute atomic E-state index is 0.00148. The van der Waals surface area contributed by atoms with Crippen molar-refractivity contribution in [3.8, 4) is 0 Å². The summed E-state index contributed by atoms with van der Waals surface area (Å²) in [6, 6.07) is 1.98. The Kier molecular flexibility index (Phi) is 6.15. The summed E-state index contributed by atoms with van der Waals surface area (Å²) in [5.41, 5.74) is 1.88. The average Bonchev–Trinajstić information content (AvgIpc) is 3.42. The fourth-order valence-electron chi connectivity index (χ4n) is 3.70. The Hall–Kier alpha value is -2.39. The molecular weight excluding hydrogens is 406 g/mol. The van der Waals surface area contributed by atoms with E-state index in [0.717, 1.165) is 42.3 Å². The normalized spacial score (nSPS) is 18.7. The standard InChI is InChI=1S/C20H23N5O2S2/c26-17-3-2-16-9-14(10-22-19(16)23-17)1-4-18(27)24-7-5-15(11-24)12-25(13-28)20-21-6-8-29-20/h1,4,6,8-10,15,28H,2-3,5,7,11-13H2,(H,22,23,26). The van der Waals surface area contributed by atoms with E-state index in [2.05, 4.69) is 32.8 Å². The highest BCUT2D eigenvalue weighted by Crippen LogP contribution is 2.24. The molecule has 1 unspecified atom stereocenters. The molecule has 152 valence electrons. The number of aromatic nitrogens is 2. The van der Waals surface area contributed by atoms with E-state index in [1.165, 1.54) is 0 Å². The molecule has 1 fully saturated rings. The largest absolute Gasteiger partial charge is 0.339 e. The maximum absolute atomic E-state index is 12.6. The Morgan fingerprint density at radius 3 is 3.10 bits per heavy atom. The lowest BCUT2D eigenvalue weighted by atomic mass is 10.0. The van der Waals surface area contributed by atoms with Gasteiger partial charge >= 0.3 is 0 Å². The van der Waals surface area contributed by atoms with Gasteiger partial charge in [-0.05, 0) is 42.0 Å². The molecule has 0 bridgehead atoms. The molecule has 2 amide bonds. The monoisotopic (exact) mass is 429 g/mol. The number of hydrogen-bond donors (Lipinski definition) is 2. The molecule has 2 aliphatic heterocycles. The second-order valence-electron chi connectivity index (χ2n) is 7.28. The van der Waals surface area contributed by atoms with E-state index in [0.29, 0.717) is 30.5 Å². The summed E-state index contributed by atoms with van der Waals surface area (Å²) in [7, 11) is 0. The number of amides is 2. The Labute approximate surface area is 179 Å². The van der Waals surface area contributed by atoms with Crippen LogP contribution in [-0.4, -0.2) is 52.2 Å². The zero-order valence-corrected chi connectivity index (χ0v) is 17.7. The highest BCUT2D eigenvalue weighted by Gasteiger charge is 2.27. The van der Waals surface area contributed by atoms with Gasteiger partial charge in [0.1, 0.15) is 5.82 Å². The quantitative estimate of drug-likeness (QED) is 0.419. The van der Waals surface area contributed by atoms with E-state index in [1.54, 1.807) is 35.9 Å². The number of fused-ring (bicyclic) bond motifs is 1. The van der Waals surface area contributed by atoms with Gasteiger partial charge in [-0.3, -0.25) is 9.59 Å². The molecule has 4 heterocycles. The lowest BCUT2D eigenvalue weighted by molar-refractivity contribution is -0.125. The number of carbonyl (C=O) groups is 2. The van der Waals surface area contributed by atoms with Gasteiger partial charge in [0.25, 0.3) is 0 Å². The van der Waals surface area contributed by atoms with Crippen molar-refractivity contribution in [2.75, 3.05) is 35.7 Å². The maximum atomic E-state index is 12.6.